The maximum atomic E-state index is 12.7. The van der Waals surface area contributed by atoms with Crippen molar-refractivity contribution in [2.45, 2.75) is 56.6 Å². The summed E-state index contributed by atoms with van der Waals surface area (Å²) >= 11 is 0. The number of benzene rings is 1. The molecule has 2 amide bonds. The molecule has 162 valence electrons. The molecule has 2 rings (SSSR count). The molecule has 1 aliphatic rings. The lowest BCUT2D eigenvalue weighted by molar-refractivity contribution is -0.137. The Morgan fingerprint density at radius 1 is 1.24 bits per heavy atom. The topological polar surface area (TPSA) is 105 Å². The normalized spacial score (nSPS) is 17.1. The van der Waals surface area contributed by atoms with Crippen LogP contribution in [0.2, 0.25) is 0 Å². The Morgan fingerprint density at radius 3 is 2.52 bits per heavy atom. The standard InChI is InChI=1S/C20H31N3O5S/c1-4-20(2,3)22-18(24)15-23(14-16-9-8-12-28-16)19(25)13-21-29(26,27)17-10-6-5-7-11-17/h5-7,10-11,16,21H,4,8-9,12-15H2,1-3H3,(H,22,24)/t16-/m1/s1. The van der Waals surface area contributed by atoms with Gasteiger partial charge < -0.3 is 15.0 Å². The highest BCUT2D eigenvalue weighted by atomic mass is 32.2. The van der Waals surface area contributed by atoms with Gasteiger partial charge in [-0.2, -0.15) is 0 Å². The first-order chi connectivity index (χ1) is 13.6. The zero-order valence-electron chi connectivity index (χ0n) is 17.3. The largest absolute Gasteiger partial charge is 0.376 e. The predicted octanol–water partition coefficient (Wildman–Crippen LogP) is 1.28. The number of sulfonamides is 1. The van der Waals surface area contributed by atoms with Gasteiger partial charge in [-0.3, -0.25) is 9.59 Å². The molecular formula is C20H31N3O5S. The summed E-state index contributed by atoms with van der Waals surface area (Å²) < 4.78 is 32.6. The molecule has 29 heavy (non-hydrogen) atoms. The van der Waals surface area contributed by atoms with Crippen LogP contribution in [0.5, 0.6) is 0 Å². The maximum Gasteiger partial charge on any atom is 0.241 e. The fraction of sp³-hybridized carbons (Fsp3) is 0.600. The first-order valence-corrected chi connectivity index (χ1v) is 11.4. The number of nitrogens with one attached hydrogen (secondary N) is 2. The van der Waals surface area contributed by atoms with Crippen LogP contribution in [0.4, 0.5) is 0 Å². The van der Waals surface area contributed by atoms with Crippen LogP contribution >= 0.6 is 0 Å². The van der Waals surface area contributed by atoms with Crippen molar-refractivity contribution in [3.05, 3.63) is 30.3 Å². The molecule has 2 N–H and O–H groups in total. The molecule has 1 aromatic rings. The van der Waals surface area contributed by atoms with Crippen LogP contribution in [0.25, 0.3) is 0 Å². The Labute approximate surface area is 173 Å². The Hall–Kier alpha value is -1.97. The second kappa shape index (κ2) is 10.2. The fourth-order valence-electron chi connectivity index (χ4n) is 2.92. The number of carbonyl (C=O) groups excluding carboxylic acids is 2. The monoisotopic (exact) mass is 425 g/mol. The number of hydrogen-bond donors (Lipinski definition) is 2. The molecule has 1 saturated heterocycles. The molecule has 0 saturated carbocycles. The number of amides is 2. The van der Waals surface area contributed by atoms with E-state index >= 15 is 0 Å². The Bertz CT molecular complexity index is 790. The third-order valence-corrected chi connectivity index (χ3v) is 6.38. The van der Waals surface area contributed by atoms with Crippen molar-refractivity contribution in [1.82, 2.24) is 14.9 Å². The third kappa shape index (κ3) is 7.41. The summed E-state index contributed by atoms with van der Waals surface area (Å²) in [7, 11) is -3.81. The average Bonchev–Trinajstić information content (AvgIpc) is 3.19. The van der Waals surface area contributed by atoms with Gasteiger partial charge in [0.15, 0.2) is 0 Å². The molecule has 0 aliphatic carbocycles. The van der Waals surface area contributed by atoms with E-state index in [1.807, 2.05) is 20.8 Å². The van der Waals surface area contributed by atoms with Gasteiger partial charge in [-0.25, -0.2) is 13.1 Å². The number of nitrogens with zero attached hydrogens (tertiary/aromatic N) is 1. The summed E-state index contributed by atoms with van der Waals surface area (Å²) in [5.74, 6) is -0.751. The molecule has 0 aromatic heterocycles. The van der Waals surface area contributed by atoms with E-state index in [1.165, 1.54) is 17.0 Å². The summed E-state index contributed by atoms with van der Waals surface area (Å²) in [4.78, 5) is 26.6. The molecule has 0 unspecified atom stereocenters. The van der Waals surface area contributed by atoms with E-state index in [0.717, 1.165) is 19.3 Å². The summed E-state index contributed by atoms with van der Waals surface area (Å²) in [6.07, 6.45) is 2.32. The zero-order valence-corrected chi connectivity index (χ0v) is 18.1. The molecular weight excluding hydrogens is 394 g/mol. The number of rotatable bonds is 10. The van der Waals surface area contributed by atoms with Gasteiger partial charge in [0.25, 0.3) is 0 Å². The summed E-state index contributed by atoms with van der Waals surface area (Å²) in [6.45, 7) is 6.10. The van der Waals surface area contributed by atoms with E-state index in [0.29, 0.717) is 6.61 Å². The minimum absolute atomic E-state index is 0.0842. The van der Waals surface area contributed by atoms with Gasteiger partial charge in [0, 0.05) is 18.7 Å². The number of hydrogen-bond acceptors (Lipinski definition) is 5. The molecule has 9 heteroatoms. The van der Waals surface area contributed by atoms with Crippen molar-refractivity contribution in [3.8, 4) is 0 Å². The van der Waals surface area contributed by atoms with Gasteiger partial charge in [0.2, 0.25) is 21.8 Å². The third-order valence-electron chi connectivity index (χ3n) is 4.96. The minimum Gasteiger partial charge on any atom is -0.376 e. The molecule has 1 aliphatic heterocycles. The second-order valence-corrected chi connectivity index (χ2v) is 9.60. The molecule has 1 heterocycles. The van der Waals surface area contributed by atoms with Gasteiger partial charge >= 0.3 is 0 Å². The highest BCUT2D eigenvalue weighted by molar-refractivity contribution is 7.89. The van der Waals surface area contributed by atoms with Crippen LogP contribution in [0.1, 0.15) is 40.0 Å². The molecule has 0 bridgehead atoms. The molecule has 1 aromatic carbocycles. The number of carbonyl (C=O) groups is 2. The lowest BCUT2D eigenvalue weighted by Gasteiger charge is -2.29. The van der Waals surface area contributed by atoms with Gasteiger partial charge in [-0.05, 0) is 45.2 Å². The van der Waals surface area contributed by atoms with Crippen molar-refractivity contribution in [3.63, 3.8) is 0 Å². The van der Waals surface area contributed by atoms with Crippen LogP contribution in [-0.2, 0) is 24.3 Å². The Kier molecular flexibility index (Phi) is 8.18. The summed E-state index contributed by atoms with van der Waals surface area (Å²) in [6, 6.07) is 7.85. The lowest BCUT2D eigenvalue weighted by Crippen LogP contribution is -2.51. The summed E-state index contributed by atoms with van der Waals surface area (Å²) in [5, 5.41) is 2.90. The van der Waals surface area contributed by atoms with E-state index < -0.39 is 22.5 Å². The van der Waals surface area contributed by atoms with Crippen molar-refractivity contribution >= 4 is 21.8 Å². The van der Waals surface area contributed by atoms with Gasteiger partial charge in [-0.15, -0.1) is 0 Å². The van der Waals surface area contributed by atoms with Gasteiger partial charge in [0.05, 0.1) is 24.1 Å². The van der Waals surface area contributed by atoms with E-state index in [1.54, 1.807) is 18.2 Å². The van der Waals surface area contributed by atoms with Crippen LogP contribution in [0.15, 0.2) is 35.2 Å². The second-order valence-electron chi connectivity index (χ2n) is 7.83. The SMILES string of the molecule is CCC(C)(C)NC(=O)CN(C[C@H]1CCCO1)C(=O)CNS(=O)(=O)c1ccccc1. The van der Waals surface area contributed by atoms with E-state index in [4.69, 9.17) is 4.74 Å². The fourth-order valence-corrected chi connectivity index (χ4v) is 3.91. The summed E-state index contributed by atoms with van der Waals surface area (Å²) in [5.41, 5.74) is -0.384. The molecule has 0 radical (unpaired) electrons. The van der Waals surface area contributed by atoms with E-state index in [2.05, 4.69) is 10.0 Å². The van der Waals surface area contributed by atoms with Crippen LogP contribution < -0.4 is 10.0 Å². The number of ether oxygens (including phenoxy) is 1. The van der Waals surface area contributed by atoms with Gasteiger partial charge in [0.1, 0.15) is 0 Å². The molecule has 1 atom stereocenters. The predicted molar refractivity (Wildman–Crippen MR) is 110 cm³/mol. The van der Waals surface area contributed by atoms with Crippen molar-refractivity contribution in [2.24, 2.45) is 0 Å². The smallest absolute Gasteiger partial charge is 0.241 e. The molecule has 1 fully saturated rings. The first kappa shape index (κ1) is 23.3. The maximum absolute atomic E-state index is 12.7. The minimum atomic E-state index is -3.81. The average molecular weight is 426 g/mol. The van der Waals surface area contributed by atoms with Crippen molar-refractivity contribution < 1.29 is 22.7 Å². The Balaban J connectivity index is 2.02. The van der Waals surface area contributed by atoms with Gasteiger partial charge in [-0.1, -0.05) is 25.1 Å². The zero-order chi connectivity index (χ0) is 21.5. The Morgan fingerprint density at radius 2 is 1.93 bits per heavy atom. The van der Waals surface area contributed by atoms with Crippen LogP contribution in [-0.4, -0.2) is 63.0 Å². The van der Waals surface area contributed by atoms with Crippen molar-refractivity contribution in [1.29, 1.82) is 0 Å². The van der Waals surface area contributed by atoms with Crippen molar-refractivity contribution in [2.75, 3.05) is 26.2 Å². The van der Waals surface area contributed by atoms with Crippen LogP contribution in [0.3, 0.4) is 0 Å². The highest BCUT2D eigenvalue weighted by Gasteiger charge is 2.27. The quantitative estimate of drug-likeness (QED) is 0.588. The lowest BCUT2D eigenvalue weighted by atomic mass is 10.0. The highest BCUT2D eigenvalue weighted by Crippen LogP contribution is 2.14. The first-order valence-electron chi connectivity index (χ1n) is 9.88. The molecule has 0 spiro atoms. The van der Waals surface area contributed by atoms with E-state index in [-0.39, 0.29) is 35.5 Å². The van der Waals surface area contributed by atoms with Crippen LogP contribution in [0, 0.1) is 0 Å². The van der Waals surface area contributed by atoms with E-state index in [9.17, 15) is 18.0 Å². The molecule has 8 nitrogen and oxygen atoms in total.